The van der Waals surface area contributed by atoms with E-state index in [9.17, 15) is 10.1 Å². The van der Waals surface area contributed by atoms with E-state index < -0.39 is 12.0 Å². The molecule has 6 N–H and O–H groups in total. The van der Waals surface area contributed by atoms with Gasteiger partial charge in [-0.05, 0) is 29.8 Å². The summed E-state index contributed by atoms with van der Waals surface area (Å²) in [6, 6.07) is 12.8. The van der Waals surface area contributed by atoms with Crippen LogP contribution in [0.4, 0.5) is 17.3 Å². The molecule has 1 atom stereocenters. The number of carbonyl (C=O) groups excluding carboxylic acids is 1. The molecule has 35 heavy (non-hydrogen) atoms. The van der Waals surface area contributed by atoms with E-state index in [0.29, 0.717) is 21.2 Å². The highest BCUT2D eigenvalue weighted by Gasteiger charge is 2.32. The second-order valence-electron chi connectivity index (χ2n) is 7.18. The van der Waals surface area contributed by atoms with Crippen LogP contribution in [0.25, 0.3) is 0 Å². The van der Waals surface area contributed by atoms with Crippen molar-refractivity contribution >= 4 is 45.2 Å². The first-order valence-electron chi connectivity index (χ1n) is 10.0. The normalized spacial score (nSPS) is 13.8. The number of nitrogens with one attached hydrogen (secondary N) is 2. The second-order valence-corrected chi connectivity index (χ2v) is 8.04. The van der Waals surface area contributed by atoms with E-state index in [1.165, 1.54) is 7.11 Å². The number of fused-ring (bicyclic) bond motifs is 1. The molecule has 0 fully saturated rings. The van der Waals surface area contributed by atoms with Gasteiger partial charge in [0.2, 0.25) is 5.96 Å². The summed E-state index contributed by atoms with van der Waals surface area (Å²) in [5.74, 6) is 0.144. The van der Waals surface area contributed by atoms with Crippen LogP contribution in [0.5, 0.6) is 11.5 Å². The fourth-order valence-corrected chi connectivity index (χ4v) is 4.08. The number of nitrogen functional groups attached to an aromatic ring is 2. The molecule has 1 unspecified atom stereocenters. The number of benzene rings is 2. The Morgan fingerprint density at radius 2 is 1.94 bits per heavy atom. The zero-order chi connectivity index (χ0) is 25.1. The Morgan fingerprint density at radius 3 is 2.60 bits per heavy atom. The molecule has 3 aromatic rings. The summed E-state index contributed by atoms with van der Waals surface area (Å²) in [6.07, 6.45) is 1.80. The molecule has 1 aliphatic heterocycles. The number of hydrogen-bond donors (Lipinski definition) is 4. The number of rotatable bonds is 4. The lowest BCUT2D eigenvalue weighted by Gasteiger charge is -2.27. The van der Waals surface area contributed by atoms with Gasteiger partial charge in [0.1, 0.15) is 29.3 Å². The molecule has 2 heterocycles. The Bertz CT molecular complexity index is 1440. The zero-order valence-corrected chi connectivity index (χ0v) is 19.8. The number of nitriles is 2. The average Bonchev–Trinajstić information content (AvgIpc) is 2.84. The molecule has 0 bridgehead atoms. The zero-order valence-electron chi connectivity index (χ0n) is 18.2. The Balaban J connectivity index is 1.83. The fraction of sp³-hybridized carbons (Fsp3) is 0.0870. The molecule has 174 valence electrons. The first-order valence-corrected chi connectivity index (χ1v) is 10.8. The number of esters is 1. The highest BCUT2D eigenvalue weighted by molar-refractivity contribution is 9.10. The maximum atomic E-state index is 12.6. The Kier molecular flexibility index (Phi) is 6.40. The van der Waals surface area contributed by atoms with Gasteiger partial charge in [0.05, 0.1) is 18.4 Å². The van der Waals surface area contributed by atoms with Crippen LogP contribution in [0, 0.1) is 22.8 Å². The number of nitrogens with two attached hydrogens (primary N) is 2. The highest BCUT2D eigenvalue weighted by atomic mass is 79.9. The van der Waals surface area contributed by atoms with Crippen LogP contribution in [0.15, 0.2) is 51.9 Å². The maximum absolute atomic E-state index is 12.6. The van der Waals surface area contributed by atoms with Gasteiger partial charge in [-0.3, -0.25) is 5.32 Å². The molecule has 0 radical (unpaired) electrons. The van der Waals surface area contributed by atoms with Gasteiger partial charge in [-0.15, -0.1) is 0 Å². The first kappa shape index (κ1) is 23.4. The van der Waals surface area contributed by atoms with Gasteiger partial charge in [-0.25, -0.2) is 14.8 Å². The van der Waals surface area contributed by atoms with Crippen LogP contribution in [-0.4, -0.2) is 24.0 Å². The Hall–Kier alpha value is -4.81. The molecule has 12 heteroatoms. The number of anilines is 3. The van der Waals surface area contributed by atoms with Crippen molar-refractivity contribution in [2.75, 3.05) is 23.9 Å². The minimum Gasteiger partial charge on any atom is -0.493 e. The summed E-state index contributed by atoms with van der Waals surface area (Å²) < 4.78 is 11.5. The van der Waals surface area contributed by atoms with Crippen molar-refractivity contribution in [3.8, 4) is 23.8 Å². The smallest absolute Gasteiger partial charge is 0.343 e. The largest absolute Gasteiger partial charge is 0.493 e. The van der Waals surface area contributed by atoms with Crippen molar-refractivity contribution in [2.24, 2.45) is 4.99 Å². The van der Waals surface area contributed by atoms with Crippen LogP contribution >= 0.6 is 15.9 Å². The molecular formula is C23H17BrN8O3. The van der Waals surface area contributed by atoms with Crippen LogP contribution in [0.2, 0.25) is 0 Å². The number of methoxy groups -OCH3 is 1. The monoisotopic (exact) mass is 532 g/mol. The number of ether oxygens (including phenoxy) is 2. The van der Waals surface area contributed by atoms with Gasteiger partial charge in [-0.2, -0.15) is 10.5 Å². The molecule has 0 spiro atoms. The van der Waals surface area contributed by atoms with E-state index in [1.54, 1.807) is 48.7 Å². The summed E-state index contributed by atoms with van der Waals surface area (Å²) in [5.41, 5.74) is 13.6. The molecule has 11 nitrogen and oxygen atoms in total. The third-order valence-electron chi connectivity index (χ3n) is 5.15. The van der Waals surface area contributed by atoms with Crippen molar-refractivity contribution in [1.82, 2.24) is 10.3 Å². The predicted octanol–water partition coefficient (Wildman–Crippen LogP) is 3.05. The van der Waals surface area contributed by atoms with Crippen molar-refractivity contribution in [3.05, 3.63) is 69.2 Å². The minimum atomic E-state index is -0.815. The molecule has 4 rings (SSSR count). The molecule has 0 saturated carbocycles. The minimum absolute atomic E-state index is 0.0129. The van der Waals surface area contributed by atoms with Gasteiger partial charge in [0.15, 0.2) is 17.7 Å². The summed E-state index contributed by atoms with van der Waals surface area (Å²) >= 11 is 3.50. The number of halogens is 1. The lowest BCUT2D eigenvalue weighted by atomic mass is 9.95. The van der Waals surface area contributed by atoms with Gasteiger partial charge in [0, 0.05) is 10.0 Å². The van der Waals surface area contributed by atoms with Crippen LogP contribution in [0.1, 0.15) is 33.1 Å². The molecule has 0 aliphatic carbocycles. The number of nitrogens with zero attached hydrogens (tertiary/aromatic N) is 4. The van der Waals surface area contributed by atoms with Gasteiger partial charge in [0.25, 0.3) is 0 Å². The number of carbonyl (C=O) groups is 1. The Morgan fingerprint density at radius 1 is 1.20 bits per heavy atom. The average molecular weight is 533 g/mol. The topological polar surface area (TPSA) is 184 Å². The van der Waals surface area contributed by atoms with Gasteiger partial charge in [-0.1, -0.05) is 34.1 Å². The summed E-state index contributed by atoms with van der Waals surface area (Å²) in [7, 11) is 1.43. The number of pyridine rings is 1. The summed E-state index contributed by atoms with van der Waals surface area (Å²) in [5, 5.41) is 23.9. The van der Waals surface area contributed by atoms with E-state index in [2.05, 4.69) is 36.5 Å². The van der Waals surface area contributed by atoms with Crippen LogP contribution in [-0.2, 0) is 0 Å². The molecule has 1 aromatic heterocycles. The van der Waals surface area contributed by atoms with E-state index in [-0.39, 0.29) is 40.3 Å². The number of aromatic nitrogens is 1. The summed E-state index contributed by atoms with van der Waals surface area (Å²) in [4.78, 5) is 21.3. The van der Waals surface area contributed by atoms with Crippen molar-refractivity contribution in [1.29, 1.82) is 10.5 Å². The molecule has 1 aliphatic rings. The van der Waals surface area contributed by atoms with E-state index >= 15 is 0 Å². The standard InChI is InChI=1S/C23H17BrN8O3/c1-34-15-7-12(14(24)8-16(15)35-22(33)11-5-3-2-4-6-11)19-17-18(27)13(9-25)20(28)31-21(17)32-23(30-19)29-10-26/h2-8,19H,1H3,(H6,27,28,29,30,31,32). The van der Waals surface area contributed by atoms with E-state index in [4.69, 9.17) is 26.2 Å². The number of hydrogen-bond acceptors (Lipinski definition) is 11. The fourth-order valence-electron chi connectivity index (χ4n) is 3.54. The van der Waals surface area contributed by atoms with Crippen LogP contribution in [0.3, 0.4) is 0 Å². The number of aliphatic imine (C=N–C) groups is 1. The quantitative estimate of drug-likeness (QED) is 0.168. The van der Waals surface area contributed by atoms with Crippen LogP contribution < -0.4 is 31.6 Å². The van der Waals surface area contributed by atoms with Crippen molar-refractivity contribution in [2.45, 2.75) is 6.04 Å². The molecule has 0 saturated heterocycles. The lowest BCUT2D eigenvalue weighted by Crippen LogP contribution is -2.32. The Labute approximate surface area is 208 Å². The highest BCUT2D eigenvalue weighted by Crippen LogP contribution is 2.45. The van der Waals surface area contributed by atoms with Crippen molar-refractivity contribution in [3.63, 3.8) is 0 Å². The lowest BCUT2D eigenvalue weighted by molar-refractivity contribution is 0.0729. The predicted molar refractivity (Wildman–Crippen MR) is 132 cm³/mol. The van der Waals surface area contributed by atoms with E-state index in [0.717, 1.165) is 0 Å². The third kappa shape index (κ3) is 4.38. The third-order valence-corrected chi connectivity index (χ3v) is 5.83. The molecular weight excluding hydrogens is 516 g/mol. The maximum Gasteiger partial charge on any atom is 0.343 e. The summed E-state index contributed by atoms with van der Waals surface area (Å²) in [6.45, 7) is 0. The molecule has 2 aromatic carbocycles. The van der Waals surface area contributed by atoms with Gasteiger partial charge < -0.3 is 26.3 Å². The van der Waals surface area contributed by atoms with E-state index in [1.807, 2.05) is 6.07 Å². The first-order chi connectivity index (χ1) is 16.9. The second kappa shape index (κ2) is 9.59. The SMILES string of the molecule is COc1cc(C2N=C(NC#N)Nc3nc(N)c(C#N)c(N)c32)c(Br)cc1OC(=O)c1ccccc1. The van der Waals surface area contributed by atoms with Gasteiger partial charge >= 0.3 is 5.97 Å². The van der Waals surface area contributed by atoms with Crippen molar-refractivity contribution < 1.29 is 14.3 Å². The number of guanidine groups is 1. The molecule has 0 amide bonds.